The number of hydrogen-bond acceptors (Lipinski definition) is 4. The van der Waals surface area contributed by atoms with Crippen LogP contribution in [0.2, 0.25) is 0 Å². The molecule has 128 valence electrons. The van der Waals surface area contributed by atoms with E-state index in [1.165, 1.54) is 13.2 Å². The molecule has 3 rings (SSSR count). The smallest absolute Gasteiger partial charge is 0.412 e. The van der Waals surface area contributed by atoms with Gasteiger partial charge in [0.05, 0.1) is 12.8 Å². The average molecular weight is 337 g/mol. The van der Waals surface area contributed by atoms with E-state index in [2.05, 4.69) is 5.32 Å². The number of esters is 1. The molecule has 1 N–H and O–H groups in total. The lowest BCUT2D eigenvalue weighted by Crippen LogP contribution is -2.34. The summed E-state index contributed by atoms with van der Waals surface area (Å²) in [7, 11) is 1.35. The molecular formula is C20H19NO4. The third-order valence-electron chi connectivity index (χ3n) is 4.11. The van der Waals surface area contributed by atoms with E-state index in [1.54, 1.807) is 0 Å². The third kappa shape index (κ3) is 3.40. The number of fused-ring (bicyclic) bond motifs is 1. The average Bonchev–Trinajstić information content (AvgIpc) is 2.59. The molecule has 1 aliphatic heterocycles. The van der Waals surface area contributed by atoms with Crippen molar-refractivity contribution in [1.82, 2.24) is 0 Å². The van der Waals surface area contributed by atoms with E-state index in [4.69, 9.17) is 9.47 Å². The van der Waals surface area contributed by atoms with Gasteiger partial charge in [0.25, 0.3) is 0 Å². The second-order valence-electron chi connectivity index (χ2n) is 6.23. The summed E-state index contributed by atoms with van der Waals surface area (Å²) in [6.07, 6.45) is 0.991. The number of benzene rings is 2. The summed E-state index contributed by atoms with van der Waals surface area (Å²) in [4.78, 5) is 23.5. The zero-order valence-corrected chi connectivity index (χ0v) is 14.3. The number of carbonyl (C=O) groups is 2. The van der Waals surface area contributed by atoms with Crippen LogP contribution in [0.15, 0.2) is 54.6 Å². The standard InChI is InChI=1S/C20H19NO4/c1-20(2)16-11-14(9-10-17(16)21-19(23)25-20)15(12-18(22)24-3)13-7-5-4-6-8-13/h4-12H,1-3H3,(H,21,23)/b15-12-. The summed E-state index contributed by atoms with van der Waals surface area (Å²) in [5.74, 6) is -0.430. The minimum atomic E-state index is -0.763. The molecule has 0 radical (unpaired) electrons. The van der Waals surface area contributed by atoms with E-state index in [1.807, 2.05) is 62.4 Å². The minimum Gasteiger partial charge on any atom is -0.466 e. The number of nitrogens with one attached hydrogen (secondary N) is 1. The summed E-state index contributed by atoms with van der Waals surface area (Å²) in [6, 6.07) is 15.2. The fourth-order valence-corrected chi connectivity index (χ4v) is 2.87. The zero-order chi connectivity index (χ0) is 18.0. The Kier molecular flexibility index (Phi) is 4.31. The predicted octanol–water partition coefficient (Wildman–Crippen LogP) is 4.09. The Morgan fingerprint density at radius 1 is 1.12 bits per heavy atom. The number of rotatable bonds is 3. The Morgan fingerprint density at radius 2 is 1.84 bits per heavy atom. The number of hydrogen-bond donors (Lipinski definition) is 1. The lowest BCUT2D eigenvalue weighted by molar-refractivity contribution is -0.134. The number of anilines is 1. The first-order chi connectivity index (χ1) is 11.9. The highest BCUT2D eigenvalue weighted by molar-refractivity contribution is 5.97. The van der Waals surface area contributed by atoms with Crippen molar-refractivity contribution < 1.29 is 19.1 Å². The topological polar surface area (TPSA) is 64.6 Å². The summed E-state index contributed by atoms with van der Waals surface area (Å²) in [5, 5.41) is 2.70. The molecule has 2 aromatic rings. The maximum atomic E-state index is 11.8. The van der Waals surface area contributed by atoms with Gasteiger partial charge in [-0.3, -0.25) is 5.32 Å². The van der Waals surface area contributed by atoms with Gasteiger partial charge in [-0.1, -0.05) is 36.4 Å². The van der Waals surface area contributed by atoms with Crippen molar-refractivity contribution in [2.75, 3.05) is 12.4 Å². The van der Waals surface area contributed by atoms with Crippen molar-refractivity contribution in [3.8, 4) is 0 Å². The van der Waals surface area contributed by atoms with Crippen molar-refractivity contribution in [1.29, 1.82) is 0 Å². The van der Waals surface area contributed by atoms with E-state index in [-0.39, 0.29) is 0 Å². The molecule has 1 aliphatic rings. The molecule has 0 aliphatic carbocycles. The Bertz CT molecular complexity index is 853. The van der Waals surface area contributed by atoms with Gasteiger partial charge in [0, 0.05) is 11.6 Å². The first-order valence-corrected chi connectivity index (χ1v) is 7.90. The maximum Gasteiger partial charge on any atom is 0.412 e. The first-order valence-electron chi connectivity index (χ1n) is 7.90. The number of amides is 1. The lowest BCUT2D eigenvalue weighted by Gasteiger charge is -2.33. The highest BCUT2D eigenvalue weighted by Crippen LogP contribution is 2.38. The molecule has 25 heavy (non-hydrogen) atoms. The van der Waals surface area contributed by atoms with Gasteiger partial charge in [0.15, 0.2) is 0 Å². The van der Waals surface area contributed by atoms with Crippen LogP contribution < -0.4 is 5.32 Å². The van der Waals surface area contributed by atoms with Gasteiger partial charge in [0.2, 0.25) is 0 Å². The van der Waals surface area contributed by atoms with Crippen molar-refractivity contribution in [3.05, 3.63) is 71.3 Å². The molecule has 0 spiro atoms. The lowest BCUT2D eigenvalue weighted by atomic mass is 9.89. The molecule has 0 bridgehead atoms. The SMILES string of the molecule is COC(=O)/C=C(/c1ccccc1)c1ccc2c(c1)C(C)(C)OC(=O)N2. The van der Waals surface area contributed by atoms with Gasteiger partial charge in [-0.05, 0) is 42.7 Å². The Hall–Kier alpha value is -3.08. The Morgan fingerprint density at radius 3 is 2.52 bits per heavy atom. The number of carbonyl (C=O) groups excluding carboxylic acids is 2. The second kappa shape index (κ2) is 6.43. The summed E-state index contributed by atoms with van der Waals surface area (Å²) >= 11 is 0. The normalized spacial score (nSPS) is 15.6. The summed E-state index contributed by atoms with van der Waals surface area (Å²) in [6.45, 7) is 3.67. The van der Waals surface area contributed by atoms with E-state index < -0.39 is 17.7 Å². The van der Waals surface area contributed by atoms with Crippen molar-refractivity contribution in [3.63, 3.8) is 0 Å². The molecule has 2 aromatic carbocycles. The molecule has 0 aromatic heterocycles. The number of cyclic esters (lactones) is 1. The molecular weight excluding hydrogens is 318 g/mol. The van der Waals surface area contributed by atoms with Gasteiger partial charge in [0.1, 0.15) is 5.60 Å². The van der Waals surface area contributed by atoms with Crippen LogP contribution >= 0.6 is 0 Å². The van der Waals surface area contributed by atoms with Gasteiger partial charge in [-0.25, -0.2) is 9.59 Å². The van der Waals surface area contributed by atoms with Gasteiger partial charge in [-0.2, -0.15) is 0 Å². The van der Waals surface area contributed by atoms with Crippen molar-refractivity contribution >= 4 is 23.3 Å². The highest BCUT2D eigenvalue weighted by atomic mass is 16.6. The third-order valence-corrected chi connectivity index (χ3v) is 4.11. The Labute approximate surface area is 146 Å². The highest BCUT2D eigenvalue weighted by Gasteiger charge is 2.33. The molecule has 1 amide bonds. The maximum absolute atomic E-state index is 11.8. The molecule has 5 heteroatoms. The van der Waals surface area contributed by atoms with Crippen LogP contribution in [-0.4, -0.2) is 19.2 Å². The van der Waals surface area contributed by atoms with Crippen LogP contribution in [0.5, 0.6) is 0 Å². The van der Waals surface area contributed by atoms with Crippen LogP contribution in [0.3, 0.4) is 0 Å². The second-order valence-corrected chi connectivity index (χ2v) is 6.23. The van der Waals surface area contributed by atoms with E-state index in [0.29, 0.717) is 5.69 Å². The number of ether oxygens (including phenoxy) is 2. The quantitative estimate of drug-likeness (QED) is 0.677. The van der Waals surface area contributed by atoms with Crippen LogP contribution in [0.4, 0.5) is 10.5 Å². The summed E-state index contributed by atoms with van der Waals surface area (Å²) < 4.78 is 10.2. The Balaban J connectivity index is 2.14. The molecule has 0 saturated heterocycles. The molecule has 0 saturated carbocycles. The fourth-order valence-electron chi connectivity index (χ4n) is 2.87. The molecule has 0 atom stereocenters. The van der Waals surface area contributed by atoms with E-state index >= 15 is 0 Å². The largest absolute Gasteiger partial charge is 0.466 e. The monoisotopic (exact) mass is 337 g/mol. The van der Waals surface area contributed by atoms with E-state index in [9.17, 15) is 9.59 Å². The summed E-state index contributed by atoms with van der Waals surface area (Å²) in [5.41, 5.74) is 3.25. The van der Waals surface area contributed by atoms with Crippen LogP contribution in [0.1, 0.15) is 30.5 Å². The predicted molar refractivity (Wildman–Crippen MR) is 95.1 cm³/mol. The fraction of sp³-hybridized carbons (Fsp3) is 0.200. The van der Waals surface area contributed by atoms with Gasteiger partial charge < -0.3 is 9.47 Å². The number of methoxy groups -OCH3 is 1. The first kappa shape index (κ1) is 16.8. The van der Waals surface area contributed by atoms with Crippen LogP contribution in [0.25, 0.3) is 5.57 Å². The van der Waals surface area contributed by atoms with Crippen molar-refractivity contribution in [2.45, 2.75) is 19.4 Å². The van der Waals surface area contributed by atoms with Gasteiger partial charge in [-0.15, -0.1) is 0 Å². The zero-order valence-electron chi connectivity index (χ0n) is 14.3. The molecule has 1 heterocycles. The molecule has 0 unspecified atom stereocenters. The van der Waals surface area contributed by atoms with Crippen LogP contribution in [-0.2, 0) is 19.9 Å². The van der Waals surface area contributed by atoms with Crippen LogP contribution in [0, 0.1) is 0 Å². The molecule has 0 fully saturated rings. The molecule has 5 nitrogen and oxygen atoms in total. The van der Waals surface area contributed by atoms with E-state index in [0.717, 1.165) is 22.3 Å². The minimum absolute atomic E-state index is 0.430. The van der Waals surface area contributed by atoms with Gasteiger partial charge >= 0.3 is 12.1 Å². The van der Waals surface area contributed by atoms with Crippen molar-refractivity contribution in [2.24, 2.45) is 0 Å².